The third kappa shape index (κ3) is 4.65. The van der Waals surface area contributed by atoms with Gasteiger partial charge in [-0.3, -0.25) is 0 Å². The molecule has 0 aliphatic rings. The lowest BCUT2D eigenvalue weighted by atomic mass is 10.2. The van der Waals surface area contributed by atoms with Crippen molar-refractivity contribution in [3.8, 4) is 0 Å². The smallest absolute Gasteiger partial charge is 0.177 e. The van der Waals surface area contributed by atoms with Crippen molar-refractivity contribution in [2.45, 2.75) is 84.3 Å². The highest BCUT2D eigenvalue weighted by molar-refractivity contribution is 7.41. The van der Waals surface area contributed by atoms with Gasteiger partial charge >= 0.3 is 0 Å². The van der Waals surface area contributed by atoms with Crippen LogP contribution in [-0.2, 0) is 4.43 Å². The van der Waals surface area contributed by atoms with E-state index in [1.54, 1.807) is 0 Å². The molecular weight excluding hydrogens is 256 g/mol. The predicted molar refractivity (Wildman–Crippen MR) is 88.6 cm³/mol. The molecule has 0 aromatic carbocycles. The number of rotatable bonds is 4. The molecular formula is C13H34OSi3. The van der Waals surface area contributed by atoms with Crippen molar-refractivity contribution in [3.63, 3.8) is 0 Å². The molecule has 0 amide bonds. The molecule has 0 aliphatic heterocycles. The summed E-state index contributed by atoms with van der Waals surface area (Å²) in [5, 5.41) is 0.820. The van der Waals surface area contributed by atoms with Crippen molar-refractivity contribution in [2.75, 3.05) is 0 Å². The minimum Gasteiger partial charge on any atom is -0.415 e. The normalized spacial score (nSPS) is 19.9. The van der Waals surface area contributed by atoms with Crippen LogP contribution in [0.2, 0.25) is 51.0 Å². The Balaban J connectivity index is 5.43. The summed E-state index contributed by atoms with van der Waals surface area (Å²) in [6, 6.07) is 0. The van der Waals surface area contributed by atoms with Gasteiger partial charge in [-0.15, -0.1) is 0 Å². The molecule has 0 aromatic rings. The van der Waals surface area contributed by atoms with Crippen molar-refractivity contribution in [1.82, 2.24) is 0 Å². The molecule has 2 atom stereocenters. The lowest BCUT2D eigenvalue weighted by Gasteiger charge is -2.50. The lowest BCUT2D eigenvalue weighted by molar-refractivity contribution is 0.123. The highest BCUT2D eigenvalue weighted by Crippen LogP contribution is 2.40. The van der Waals surface area contributed by atoms with Gasteiger partial charge < -0.3 is 4.43 Å². The Morgan fingerprint density at radius 1 is 0.824 bits per heavy atom. The molecule has 0 fully saturated rings. The van der Waals surface area contributed by atoms with Crippen LogP contribution in [0.5, 0.6) is 0 Å². The third-order valence-electron chi connectivity index (χ3n) is 4.13. The Labute approximate surface area is 112 Å². The van der Waals surface area contributed by atoms with E-state index in [0.29, 0.717) is 0 Å². The average Bonchev–Trinajstić information content (AvgIpc) is 1.95. The summed E-state index contributed by atoms with van der Waals surface area (Å²) in [5.41, 5.74) is 0.00909. The summed E-state index contributed by atoms with van der Waals surface area (Å²) in [7, 11) is -4.00. The average molecular weight is 291 g/mol. The van der Waals surface area contributed by atoms with E-state index in [2.05, 4.69) is 73.5 Å². The van der Waals surface area contributed by atoms with Crippen molar-refractivity contribution >= 4 is 23.5 Å². The molecule has 0 spiro atoms. The first kappa shape index (κ1) is 17.6. The standard InChI is InChI=1S/C13H34OSi3/c1-12(15(5,6)7)17(11,16(8,9)10)14-13(2,3)4/h12H,1-11H3/t12-,17+/m1/s1. The Bertz CT molecular complexity index is 257. The van der Waals surface area contributed by atoms with Gasteiger partial charge in [0.2, 0.25) is 0 Å². The van der Waals surface area contributed by atoms with Gasteiger partial charge in [0.1, 0.15) is 0 Å². The molecule has 0 bridgehead atoms. The van der Waals surface area contributed by atoms with E-state index in [9.17, 15) is 0 Å². The summed E-state index contributed by atoms with van der Waals surface area (Å²) in [6.07, 6.45) is 0. The van der Waals surface area contributed by atoms with Crippen LogP contribution in [0.3, 0.4) is 0 Å². The van der Waals surface area contributed by atoms with Gasteiger partial charge in [-0.2, -0.15) is 0 Å². The van der Waals surface area contributed by atoms with E-state index >= 15 is 0 Å². The molecule has 0 saturated carbocycles. The molecule has 104 valence electrons. The zero-order valence-corrected chi connectivity index (χ0v) is 17.0. The van der Waals surface area contributed by atoms with Crippen LogP contribution in [-0.4, -0.2) is 29.1 Å². The molecule has 0 rings (SSSR count). The first-order chi connectivity index (χ1) is 7.11. The second-order valence-electron chi connectivity index (χ2n) is 8.66. The van der Waals surface area contributed by atoms with Crippen LogP contribution in [0.15, 0.2) is 0 Å². The summed E-state index contributed by atoms with van der Waals surface area (Å²) in [5.74, 6) is 0. The van der Waals surface area contributed by atoms with Crippen molar-refractivity contribution in [3.05, 3.63) is 0 Å². The molecule has 0 heterocycles. The lowest BCUT2D eigenvalue weighted by Crippen LogP contribution is -2.66. The van der Waals surface area contributed by atoms with E-state index < -0.39 is 23.5 Å². The summed E-state index contributed by atoms with van der Waals surface area (Å²) in [6.45, 7) is 26.6. The van der Waals surface area contributed by atoms with Crippen LogP contribution in [0.4, 0.5) is 0 Å². The topological polar surface area (TPSA) is 9.23 Å². The SMILES string of the molecule is C[C@H]([Si](C)(C)C)[Si@@](C)(OC(C)(C)C)[Si](C)(C)C. The summed E-state index contributed by atoms with van der Waals surface area (Å²) >= 11 is 0. The summed E-state index contributed by atoms with van der Waals surface area (Å²) < 4.78 is 6.71. The van der Waals surface area contributed by atoms with Crippen LogP contribution < -0.4 is 0 Å². The van der Waals surface area contributed by atoms with Gasteiger partial charge in [0.25, 0.3) is 0 Å². The maximum atomic E-state index is 6.71. The number of hydrogen-bond donors (Lipinski definition) is 0. The van der Waals surface area contributed by atoms with Gasteiger partial charge in [0.15, 0.2) is 7.83 Å². The first-order valence-electron chi connectivity index (χ1n) is 6.81. The fourth-order valence-electron chi connectivity index (χ4n) is 2.35. The second kappa shape index (κ2) is 4.95. The first-order valence-corrected chi connectivity index (χ1v) is 17.4. The molecule has 0 aromatic heterocycles. The second-order valence-corrected chi connectivity index (χ2v) is 30.1. The molecule has 0 N–H and O–H groups in total. The quantitative estimate of drug-likeness (QED) is 0.658. The molecule has 0 aliphatic carbocycles. The van der Waals surface area contributed by atoms with Gasteiger partial charge in [-0.25, -0.2) is 0 Å². The highest BCUT2D eigenvalue weighted by atomic mass is 29.3. The third-order valence-corrected chi connectivity index (χ3v) is 28.1. The number of hydrogen-bond acceptors (Lipinski definition) is 1. The molecule has 0 radical (unpaired) electrons. The van der Waals surface area contributed by atoms with E-state index in [1.807, 2.05) is 0 Å². The maximum Gasteiger partial charge on any atom is 0.177 e. The summed E-state index contributed by atoms with van der Waals surface area (Å²) in [4.78, 5) is 0. The van der Waals surface area contributed by atoms with Gasteiger partial charge in [0, 0.05) is 13.7 Å². The Kier molecular flexibility index (Phi) is 5.12. The predicted octanol–water partition coefficient (Wildman–Crippen LogP) is 5.06. The maximum absolute atomic E-state index is 6.71. The van der Waals surface area contributed by atoms with E-state index in [0.717, 1.165) is 5.16 Å². The van der Waals surface area contributed by atoms with Gasteiger partial charge in [0.05, 0.1) is 7.59 Å². The zero-order valence-electron chi connectivity index (χ0n) is 14.0. The molecule has 4 heteroatoms. The fourth-order valence-corrected chi connectivity index (χ4v) is 25.7. The molecule has 0 unspecified atom stereocenters. The van der Waals surface area contributed by atoms with E-state index in [4.69, 9.17) is 4.43 Å². The fraction of sp³-hybridized carbons (Fsp3) is 1.00. The van der Waals surface area contributed by atoms with Crippen LogP contribution in [0, 0.1) is 0 Å². The zero-order chi connectivity index (χ0) is 14.3. The highest BCUT2D eigenvalue weighted by Gasteiger charge is 2.53. The Morgan fingerprint density at radius 2 is 1.18 bits per heavy atom. The van der Waals surface area contributed by atoms with Crippen LogP contribution in [0.1, 0.15) is 27.7 Å². The molecule has 0 saturated heterocycles. The largest absolute Gasteiger partial charge is 0.415 e. The van der Waals surface area contributed by atoms with Crippen LogP contribution in [0.25, 0.3) is 0 Å². The van der Waals surface area contributed by atoms with Crippen molar-refractivity contribution in [1.29, 1.82) is 0 Å². The van der Waals surface area contributed by atoms with Crippen molar-refractivity contribution < 1.29 is 4.43 Å². The Morgan fingerprint density at radius 3 is 1.35 bits per heavy atom. The minimum absolute atomic E-state index is 0.00909. The van der Waals surface area contributed by atoms with E-state index in [1.165, 1.54) is 0 Å². The van der Waals surface area contributed by atoms with E-state index in [-0.39, 0.29) is 5.60 Å². The van der Waals surface area contributed by atoms with Crippen molar-refractivity contribution in [2.24, 2.45) is 0 Å². The molecule has 1 nitrogen and oxygen atoms in total. The molecule has 17 heavy (non-hydrogen) atoms. The minimum atomic E-state index is -1.62. The Hall–Kier alpha value is 0.611. The monoisotopic (exact) mass is 290 g/mol. The van der Waals surface area contributed by atoms with Gasteiger partial charge in [-0.1, -0.05) is 46.2 Å². The van der Waals surface area contributed by atoms with Gasteiger partial charge in [-0.05, 0) is 32.5 Å². The van der Waals surface area contributed by atoms with Crippen LogP contribution >= 0.6 is 0 Å².